The maximum Gasteiger partial charge on any atom is 0.146 e. The minimum Gasteiger partial charge on any atom is -0.487 e. The summed E-state index contributed by atoms with van der Waals surface area (Å²) in [6, 6.07) is 10.6. The zero-order chi connectivity index (χ0) is 13.1. The Balaban J connectivity index is 1.88. The van der Waals surface area contributed by atoms with Gasteiger partial charge in [0, 0.05) is 17.6 Å². The molecule has 2 aromatic rings. The summed E-state index contributed by atoms with van der Waals surface area (Å²) in [6.07, 6.45) is 6.94. The summed E-state index contributed by atoms with van der Waals surface area (Å²) >= 11 is 0. The van der Waals surface area contributed by atoms with Gasteiger partial charge in [-0.1, -0.05) is 24.6 Å². The molecule has 1 fully saturated rings. The summed E-state index contributed by atoms with van der Waals surface area (Å²) in [5.41, 5.74) is 0.963. The summed E-state index contributed by atoms with van der Waals surface area (Å²) in [5, 5.41) is 4.51. The SMILES string of the molecule is CNC1CCCCC1Oc1cccc2cccnc12. The van der Waals surface area contributed by atoms with E-state index in [1.807, 2.05) is 31.4 Å². The maximum atomic E-state index is 6.25. The Bertz CT molecular complexity index is 550. The van der Waals surface area contributed by atoms with Crippen LogP contribution in [0, 0.1) is 0 Å². The Hall–Kier alpha value is -1.61. The molecule has 0 aliphatic heterocycles. The molecule has 3 rings (SSSR count). The molecular formula is C16H20N2O. The third-order valence-electron chi connectivity index (χ3n) is 3.95. The average molecular weight is 256 g/mol. The van der Waals surface area contributed by atoms with Crippen LogP contribution in [0.5, 0.6) is 5.75 Å². The molecule has 3 heteroatoms. The van der Waals surface area contributed by atoms with E-state index in [4.69, 9.17) is 4.74 Å². The molecule has 1 aromatic heterocycles. The van der Waals surface area contributed by atoms with Gasteiger partial charge in [-0.3, -0.25) is 4.98 Å². The van der Waals surface area contributed by atoms with Gasteiger partial charge in [0.1, 0.15) is 17.4 Å². The van der Waals surface area contributed by atoms with Gasteiger partial charge in [-0.15, -0.1) is 0 Å². The van der Waals surface area contributed by atoms with E-state index in [0.29, 0.717) is 6.04 Å². The molecule has 1 heterocycles. The number of ether oxygens (including phenoxy) is 1. The van der Waals surface area contributed by atoms with Crippen LogP contribution in [0.3, 0.4) is 0 Å². The smallest absolute Gasteiger partial charge is 0.146 e. The van der Waals surface area contributed by atoms with Gasteiger partial charge in [0.05, 0.1) is 0 Å². The van der Waals surface area contributed by atoms with Crippen LogP contribution in [0.2, 0.25) is 0 Å². The number of nitrogens with one attached hydrogen (secondary N) is 1. The molecule has 0 spiro atoms. The molecule has 1 aliphatic carbocycles. The average Bonchev–Trinajstić information content (AvgIpc) is 2.48. The lowest BCUT2D eigenvalue weighted by Gasteiger charge is -2.31. The van der Waals surface area contributed by atoms with Crippen LogP contribution in [0.25, 0.3) is 10.9 Å². The second kappa shape index (κ2) is 5.57. The maximum absolute atomic E-state index is 6.25. The van der Waals surface area contributed by atoms with Crippen molar-refractivity contribution in [1.29, 1.82) is 0 Å². The first kappa shape index (κ1) is 12.4. The largest absolute Gasteiger partial charge is 0.487 e. The molecule has 19 heavy (non-hydrogen) atoms. The Morgan fingerprint density at radius 3 is 2.89 bits per heavy atom. The van der Waals surface area contributed by atoms with Crippen molar-refractivity contribution in [1.82, 2.24) is 10.3 Å². The number of hydrogen-bond acceptors (Lipinski definition) is 3. The number of pyridine rings is 1. The van der Waals surface area contributed by atoms with Crippen LogP contribution in [0.15, 0.2) is 36.5 Å². The highest BCUT2D eigenvalue weighted by molar-refractivity contribution is 5.84. The molecule has 1 N–H and O–H groups in total. The second-order valence-electron chi connectivity index (χ2n) is 5.17. The number of nitrogens with zero attached hydrogens (tertiary/aromatic N) is 1. The quantitative estimate of drug-likeness (QED) is 0.916. The van der Waals surface area contributed by atoms with Gasteiger partial charge in [-0.25, -0.2) is 0 Å². The molecule has 0 amide bonds. The Kier molecular flexibility index (Phi) is 3.65. The highest BCUT2D eigenvalue weighted by Gasteiger charge is 2.25. The number of para-hydroxylation sites is 1. The first-order valence-electron chi connectivity index (χ1n) is 7.06. The second-order valence-corrected chi connectivity index (χ2v) is 5.17. The third-order valence-corrected chi connectivity index (χ3v) is 3.95. The van der Waals surface area contributed by atoms with E-state index in [1.54, 1.807) is 0 Å². The molecule has 2 unspecified atom stereocenters. The Morgan fingerprint density at radius 1 is 1.16 bits per heavy atom. The summed E-state index contributed by atoms with van der Waals surface area (Å²) in [7, 11) is 2.02. The van der Waals surface area contributed by atoms with Gasteiger partial charge < -0.3 is 10.1 Å². The van der Waals surface area contributed by atoms with Crippen molar-refractivity contribution in [3.05, 3.63) is 36.5 Å². The summed E-state index contributed by atoms with van der Waals surface area (Å²) < 4.78 is 6.25. The fraction of sp³-hybridized carbons (Fsp3) is 0.438. The minimum atomic E-state index is 0.256. The lowest BCUT2D eigenvalue weighted by atomic mass is 9.92. The first-order chi connectivity index (χ1) is 9.38. The number of likely N-dealkylation sites (N-methyl/N-ethyl adjacent to an activating group) is 1. The van der Waals surface area contributed by atoms with Gasteiger partial charge in [0.25, 0.3) is 0 Å². The Labute approximate surface area is 114 Å². The fourth-order valence-electron chi connectivity index (χ4n) is 2.90. The monoisotopic (exact) mass is 256 g/mol. The van der Waals surface area contributed by atoms with E-state index in [-0.39, 0.29) is 6.10 Å². The molecule has 0 saturated heterocycles. The predicted octanol–water partition coefficient (Wildman–Crippen LogP) is 3.14. The van der Waals surface area contributed by atoms with Gasteiger partial charge >= 0.3 is 0 Å². The lowest BCUT2D eigenvalue weighted by Crippen LogP contribution is -2.43. The van der Waals surface area contributed by atoms with E-state index in [2.05, 4.69) is 22.4 Å². The van der Waals surface area contributed by atoms with Crippen LogP contribution >= 0.6 is 0 Å². The van der Waals surface area contributed by atoms with Crippen LogP contribution < -0.4 is 10.1 Å². The third kappa shape index (κ3) is 2.56. The van der Waals surface area contributed by atoms with Gasteiger partial charge in [-0.2, -0.15) is 0 Å². The zero-order valence-electron chi connectivity index (χ0n) is 11.3. The van der Waals surface area contributed by atoms with Crippen LogP contribution in [-0.4, -0.2) is 24.2 Å². The highest BCUT2D eigenvalue weighted by Crippen LogP contribution is 2.28. The van der Waals surface area contributed by atoms with Crippen LogP contribution in [0.1, 0.15) is 25.7 Å². The molecule has 1 aliphatic rings. The summed E-state index contributed by atoms with van der Waals surface area (Å²) in [5.74, 6) is 0.908. The van der Waals surface area contributed by atoms with E-state index in [0.717, 1.165) is 23.1 Å². The van der Waals surface area contributed by atoms with E-state index in [1.165, 1.54) is 19.3 Å². The molecule has 0 bridgehead atoms. The number of fused-ring (bicyclic) bond motifs is 1. The van der Waals surface area contributed by atoms with Crippen molar-refractivity contribution >= 4 is 10.9 Å². The van der Waals surface area contributed by atoms with Crippen molar-refractivity contribution in [2.45, 2.75) is 37.8 Å². The van der Waals surface area contributed by atoms with Crippen molar-refractivity contribution < 1.29 is 4.74 Å². The number of aromatic nitrogens is 1. The fourth-order valence-corrected chi connectivity index (χ4v) is 2.90. The molecule has 1 aromatic carbocycles. The Morgan fingerprint density at radius 2 is 2.00 bits per heavy atom. The van der Waals surface area contributed by atoms with Crippen molar-refractivity contribution in [2.75, 3.05) is 7.05 Å². The molecule has 2 atom stereocenters. The highest BCUT2D eigenvalue weighted by atomic mass is 16.5. The normalized spacial score (nSPS) is 23.4. The standard InChI is InChI=1S/C16H20N2O/c1-17-13-8-2-3-9-14(13)19-15-10-4-6-12-7-5-11-18-16(12)15/h4-7,10-11,13-14,17H,2-3,8-9H2,1H3. The lowest BCUT2D eigenvalue weighted by molar-refractivity contribution is 0.119. The molecule has 100 valence electrons. The van der Waals surface area contributed by atoms with E-state index in [9.17, 15) is 0 Å². The van der Waals surface area contributed by atoms with Gasteiger partial charge in [0.15, 0.2) is 0 Å². The number of rotatable bonds is 3. The van der Waals surface area contributed by atoms with Crippen molar-refractivity contribution in [2.24, 2.45) is 0 Å². The molecular weight excluding hydrogens is 236 g/mol. The van der Waals surface area contributed by atoms with Crippen molar-refractivity contribution in [3.63, 3.8) is 0 Å². The van der Waals surface area contributed by atoms with E-state index < -0.39 is 0 Å². The molecule has 0 radical (unpaired) electrons. The van der Waals surface area contributed by atoms with Crippen LogP contribution in [-0.2, 0) is 0 Å². The minimum absolute atomic E-state index is 0.256. The van der Waals surface area contributed by atoms with Crippen LogP contribution in [0.4, 0.5) is 0 Å². The zero-order valence-corrected chi connectivity index (χ0v) is 11.3. The summed E-state index contributed by atoms with van der Waals surface area (Å²) in [4.78, 5) is 4.45. The first-order valence-corrected chi connectivity index (χ1v) is 7.06. The summed E-state index contributed by atoms with van der Waals surface area (Å²) in [6.45, 7) is 0. The van der Waals surface area contributed by atoms with E-state index >= 15 is 0 Å². The molecule has 3 nitrogen and oxygen atoms in total. The predicted molar refractivity (Wildman–Crippen MR) is 77.5 cm³/mol. The number of benzene rings is 1. The molecule has 1 saturated carbocycles. The van der Waals surface area contributed by atoms with Gasteiger partial charge in [-0.05, 0) is 38.4 Å². The number of hydrogen-bond donors (Lipinski definition) is 1. The topological polar surface area (TPSA) is 34.1 Å². The van der Waals surface area contributed by atoms with Crippen molar-refractivity contribution in [3.8, 4) is 5.75 Å². The van der Waals surface area contributed by atoms with Gasteiger partial charge in [0.2, 0.25) is 0 Å².